The van der Waals surface area contributed by atoms with Crippen molar-refractivity contribution < 1.29 is 29.4 Å². The second-order valence-electron chi connectivity index (χ2n) is 3.73. The zero-order valence-electron chi connectivity index (χ0n) is 9.92. The van der Waals surface area contributed by atoms with Gasteiger partial charge in [0, 0.05) is 12.8 Å². The summed E-state index contributed by atoms with van der Waals surface area (Å²) >= 11 is 0. The van der Waals surface area contributed by atoms with Gasteiger partial charge >= 0.3 is 11.9 Å². The normalized spacial score (nSPS) is 10.0. The Morgan fingerprint density at radius 1 is 0.722 bits per heavy atom. The molecule has 6 heteroatoms. The fourth-order valence-electron chi connectivity index (χ4n) is 1.22. The van der Waals surface area contributed by atoms with Crippen LogP contribution in [0.3, 0.4) is 0 Å². The van der Waals surface area contributed by atoms with Crippen LogP contribution in [0.15, 0.2) is 0 Å². The number of hydrogen-bond donors (Lipinski definition) is 2. The van der Waals surface area contributed by atoms with Gasteiger partial charge in [-0.25, -0.2) is 9.59 Å². The summed E-state index contributed by atoms with van der Waals surface area (Å²) in [6.07, 6.45) is 5.86. The summed E-state index contributed by atoms with van der Waals surface area (Å²) in [4.78, 5) is 41.7. The van der Waals surface area contributed by atoms with Gasteiger partial charge in [0.1, 0.15) is 0 Å². The van der Waals surface area contributed by atoms with Crippen LogP contribution in [-0.4, -0.2) is 33.7 Å². The van der Waals surface area contributed by atoms with E-state index in [4.69, 9.17) is 10.2 Å². The minimum Gasteiger partial charge on any atom is -0.476 e. The van der Waals surface area contributed by atoms with Crippen LogP contribution in [0.1, 0.15) is 38.5 Å². The highest BCUT2D eigenvalue weighted by Gasteiger charge is 2.11. The van der Waals surface area contributed by atoms with Gasteiger partial charge in [-0.2, -0.15) is 0 Å². The van der Waals surface area contributed by atoms with Crippen molar-refractivity contribution in [2.24, 2.45) is 0 Å². The maximum atomic E-state index is 10.7. The third kappa shape index (κ3) is 8.43. The molecule has 0 atom stereocenters. The third-order valence-corrected chi connectivity index (χ3v) is 2.20. The molecular weight excluding hydrogens is 240 g/mol. The molecule has 0 spiro atoms. The van der Waals surface area contributed by atoms with E-state index in [1.165, 1.54) is 0 Å². The Kier molecular flexibility index (Phi) is 8.43. The molecule has 0 bridgehead atoms. The summed E-state index contributed by atoms with van der Waals surface area (Å²) in [5, 5.41) is 16.6. The summed E-state index contributed by atoms with van der Waals surface area (Å²) in [5.41, 5.74) is 0. The van der Waals surface area contributed by atoms with E-state index in [1.54, 1.807) is 12.8 Å². The molecule has 0 aromatic heterocycles. The van der Waals surface area contributed by atoms with E-state index in [-0.39, 0.29) is 12.8 Å². The SMILES string of the molecule is O=C(O)C(=O)C[CH]CCCC[CH]CC(=O)C(=O)O. The summed E-state index contributed by atoms with van der Waals surface area (Å²) in [5.74, 6) is -4.50. The highest BCUT2D eigenvalue weighted by Crippen LogP contribution is 2.07. The second-order valence-corrected chi connectivity index (χ2v) is 3.73. The van der Waals surface area contributed by atoms with Crippen LogP contribution in [0.2, 0.25) is 0 Å². The number of carboxylic acids is 2. The molecule has 0 rings (SSSR count). The van der Waals surface area contributed by atoms with Crippen LogP contribution in [0, 0.1) is 12.8 Å². The number of hydrogen-bond acceptors (Lipinski definition) is 4. The molecule has 18 heavy (non-hydrogen) atoms. The Bertz CT molecular complexity index is 289. The molecule has 0 fully saturated rings. The van der Waals surface area contributed by atoms with Gasteiger partial charge in [-0.15, -0.1) is 0 Å². The van der Waals surface area contributed by atoms with Crippen molar-refractivity contribution in [1.29, 1.82) is 0 Å². The number of ketones is 2. The molecule has 6 nitrogen and oxygen atoms in total. The van der Waals surface area contributed by atoms with Crippen LogP contribution < -0.4 is 0 Å². The molecule has 0 saturated carbocycles. The van der Waals surface area contributed by atoms with Gasteiger partial charge in [0.05, 0.1) is 0 Å². The van der Waals surface area contributed by atoms with Crippen molar-refractivity contribution in [2.75, 3.05) is 0 Å². The highest BCUT2D eigenvalue weighted by molar-refractivity contribution is 6.33. The smallest absolute Gasteiger partial charge is 0.372 e. The van der Waals surface area contributed by atoms with Gasteiger partial charge in [-0.1, -0.05) is 12.8 Å². The first-order valence-electron chi connectivity index (χ1n) is 5.60. The number of unbranched alkanes of at least 4 members (excludes halogenated alkanes) is 5. The molecule has 0 aliphatic rings. The first-order chi connectivity index (χ1) is 8.45. The summed E-state index contributed by atoms with van der Waals surface area (Å²) in [7, 11) is 0. The van der Waals surface area contributed by atoms with E-state index >= 15 is 0 Å². The van der Waals surface area contributed by atoms with Gasteiger partial charge in [-0.3, -0.25) is 9.59 Å². The number of carbonyl (C=O) groups excluding carboxylic acids is 2. The van der Waals surface area contributed by atoms with Crippen molar-refractivity contribution in [2.45, 2.75) is 38.5 Å². The molecule has 100 valence electrons. The molecule has 0 aromatic rings. The van der Waals surface area contributed by atoms with Crippen LogP contribution in [0.25, 0.3) is 0 Å². The zero-order valence-corrected chi connectivity index (χ0v) is 9.92. The van der Waals surface area contributed by atoms with E-state index in [9.17, 15) is 19.2 Å². The predicted octanol–water partition coefficient (Wildman–Crippen LogP) is 1.04. The number of carbonyl (C=O) groups is 4. The van der Waals surface area contributed by atoms with Gasteiger partial charge < -0.3 is 10.2 Å². The van der Waals surface area contributed by atoms with Gasteiger partial charge in [0.2, 0.25) is 11.6 Å². The molecular formula is C12H16O6. The number of rotatable bonds is 11. The van der Waals surface area contributed by atoms with E-state index in [0.717, 1.165) is 12.8 Å². The molecule has 2 radical (unpaired) electrons. The molecule has 0 amide bonds. The monoisotopic (exact) mass is 256 g/mol. The molecule has 0 saturated heterocycles. The topological polar surface area (TPSA) is 109 Å². The fourth-order valence-corrected chi connectivity index (χ4v) is 1.22. The minimum absolute atomic E-state index is 0.0729. The van der Waals surface area contributed by atoms with E-state index < -0.39 is 23.5 Å². The standard InChI is InChI=1S/C12H16O6/c13-9(11(15)16)7-5-3-1-2-4-6-8-10(14)12(17)18/h5-6H,1-4,7-8H2,(H,15,16)(H,17,18). The lowest BCUT2D eigenvalue weighted by molar-refractivity contribution is -0.148. The lowest BCUT2D eigenvalue weighted by Crippen LogP contribution is -2.12. The molecule has 2 N–H and O–H groups in total. The van der Waals surface area contributed by atoms with Crippen molar-refractivity contribution >= 4 is 23.5 Å². The third-order valence-electron chi connectivity index (χ3n) is 2.20. The summed E-state index contributed by atoms with van der Waals surface area (Å²) in [6.45, 7) is 0. The highest BCUT2D eigenvalue weighted by atomic mass is 16.4. The van der Waals surface area contributed by atoms with E-state index in [0.29, 0.717) is 12.8 Å². The molecule has 0 aliphatic heterocycles. The average molecular weight is 256 g/mol. The summed E-state index contributed by atoms with van der Waals surface area (Å²) < 4.78 is 0. The van der Waals surface area contributed by atoms with E-state index in [2.05, 4.69) is 0 Å². The Balaban J connectivity index is 3.32. The van der Waals surface area contributed by atoms with Gasteiger partial charge in [0.25, 0.3) is 0 Å². The first kappa shape index (κ1) is 16.3. The van der Waals surface area contributed by atoms with Crippen molar-refractivity contribution in [3.63, 3.8) is 0 Å². The minimum atomic E-state index is -1.42. The second kappa shape index (κ2) is 9.32. The zero-order chi connectivity index (χ0) is 14.0. The lowest BCUT2D eigenvalue weighted by Gasteiger charge is -1.99. The molecule has 0 aliphatic carbocycles. The Morgan fingerprint density at radius 3 is 1.33 bits per heavy atom. The van der Waals surface area contributed by atoms with E-state index in [1.807, 2.05) is 0 Å². The Hall–Kier alpha value is -1.72. The first-order valence-corrected chi connectivity index (χ1v) is 5.60. The van der Waals surface area contributed by atoms with Gasteiger partial charge in [-0.05, 0) is 25.7 Å². The molecule has 0 heterocycles. The maximum Gasteiger partial charge on any atom is 0.372 e. The predicted molar refractivity (Wildman–Crippen MR) is 61.6 cm³/mol. The van der Waals surface area contributed by atoms with Crippen LogP contribution in [-0.2, 0) is 19.2 Å². The van der Waals surface area contributed by atoms with Crippen LogP contribution >= 0.6 is 0 Å². The van der Waals surface area contributed by atoms with Crippen molar-refractivity contribution in [3.05, 3.63) is 12.8 Å². The number of Topliss-reactive ketones (excluding diaryl/α,β-unsaturated/α-hetero) is 2. The molecule has 0 aromatic carbocycles. The lowest BCUT2D eigenvalue weighted by atomic mass is 10.1. The number of carboxylic acid groups (broad SMARTS) is 2. The maximum absolute atomic E-state index is 10.7. The Morgan fingerprint density at radius 2 is 1.06 bits per heavy atom. The van der Waals surface area contributed by atoms with Crippen LogP contribution in [0.4, 0.5) is 0 Å². The van der Waals surface area contributed by atoms with Crippen molar-refractivity contribution in [1.82, 2.24) is 0 Å². The van der Waals surface area contributed by atoms with Gasteiger partial charge in [0.15, 0.2) is 0 Å². The fraction of sp³-hybridized carbons (Fsp3) is 0.500. The quantitative estimate of drug-likeness (QED) is 0.422. The number of aliphatic carboxylic acids is 2. The van der Waals surface area contributed by atoms with Crippen LogP contribution in [0.5, 0.6) is 0 Å². The van der Waals surface area contributed by atoms with Crippen molar-refractivity contribution in [3.8, 4) is 0 Å². The summed E-state index contributed by atoms with van der Waals surface area (Å²) in [6, 6.07) is 0. The Labute approximate surface area is 105 Å². The largest absolute Gasteiger partial charge is 0.476 e. The average Bonchev–Trinajstić information content (AvgIpc) is 2.31. The molecule has 0 unspecified atom stereocenters.